The smallest absolute Gasteiger partial charge is 0.241 e. The van der Waals surface area contributed by atoms with Crippen LogP contribution in [0.15, 0.2) is 49.1 Å². The van der Waals surface area contributed by atoms with Crippen molar-refractivity contribution in [1.29, 1.82) is 0 Å². The average Bonchev–Trinajstić information content (AvgIpc) is 3.03. The topological polar surface area (TPSA) is 88.2 Å². The Hall–Kier alpha value is -3.06. The first-order valence-electron chi connectivity index (χ1n) is 8.62. The molecule has 7 heteroatoms. The zero-order valence-corrected chi connectivity index (χ0v) is 14.3. The molecular weight excluding hydrogens is 328 g/mol. The van der Waals surface area contributed by atoms with E-state index < -0.39 is 5.60 Å². The quantitative estimate of drug-likeness (QED) is 0.593. The number of nitrogens with zero attached hydrogens (tertiary/aromatic N) is 5. The largest absolute Gasteiger partial charge is 0.390 e. The molecule has 0 aliphatic heterocycles. The molecule has 0 saturated heterocycles. The molecule has 1 aliphatic rings. The van der Waals surface area contributed by atoms with Gasteiger partial charge in [0.05, 0.1) is 28.3 Å². The van der Waals surface area contributed by atoms with Crippen molar-refractivity contribution in [2.24, 2.45) is 0 Å². The molecule has 2 N–H and O–H groups in total. The van der Waals surface area contributed by atoms with Crippen molar-refractivity contribution >= 4 is 22.5 Å². The number of fused-ring (bicyclic) bond motifs is 2. The summed E-state index contributed by atoms with van der Waals surface area (Å²) >= 11 is 0. The molecule has 1 fully saturated rings. The summed E-state index contributed by atoms with van der Waals surface area (Å²) in [5.74, 6) is 0.574. The SMILES string of the molecule is C[C@]1(O)C[C@@H](Nc2ncc3c(-c4ccc5nccnc5c4)ccn3n2)C1. The van der Waals surface area contributed by atoms with Gasteiger partial charge in [0.2, 0.25) is 5.95 Å². The van der Waals surface area contributed by atoms with Gasteiger partial charge in [0.15, 0.2) is 0 Å². The summed E-state index contributed by atoms with van der Waals surface area (Å²) in [6, 6.07) is 8.28. The van der Waals surface area contributed by atoms with Crippen molar-refractivity contribution in [2.45, 2.75) is 31.4 Å². The Kier molecular flexibility index (Phi) is 3.20. The molecule has 1 saturated carbocycles. The lowest BCUT2D eigenvalue weighted by Gasteiger charge is -2.41. The number of nitrogens with one attached hydrogen (secondary N) is 1. The van der Waals surface area contributed by atoms with E-state index in [0.717, 1.165) is 27.7 Å². The van der Waals surface area contributed by atoms with Gasteiger partial charge in [-0.2, -0.15) is 0 Å². The molecule has 0 amide bonds. The van der Waals surface area contributed by atoms with Gasteiger partial charge in [-0.1, -0.05) is 6.07 Å². The van der Waals surface area contributed by atoms with Gasteiger partial charge >= 0.3 is 0 Å². The molecule has 1 aromatic carbocycles. The minimum atomic E-state index is -0.568. The second-order valence-corrected chi connectivity index (χ2v) is 7.15. The number of rotatable bonds is 3. The van der Waals surface area contributed by atoms with Crippen LogP contribution in [0.1, 0.15) is 19.8 Å². The van der Waals surface area contributed by atoms with E-state index in [1.807, 2.05) is 48.1 Å². The summed E-state index contributed by atoms with van der Waals surface area (Å²) in [4.78, 5) is 13.1. The maximum Gasteiger partial charge on any atom is 0.241 e. The van der Waals surface area contributed by atoms with Crippen LogP contribution in [0.3, 0.4) is 0 Å². The van der Waals surface area contributed by atoms with Crippen LogP contribution in [0.4, 0.5) is 5.95 Å². The molecule has 1 aliphatic carbocycles. The van der Waals surface area contributed by atoms with Crippen molar-refractivity contribution in [3.8, 4) is 11.1 Å². The predicted octanol–water partition coefficient (Wildman–Crippen LogP) is 2.66. The van der Waals surface area contributed by atoms with Crippen LogP contribution in [-0.2, 0) is 0 Å². The summed E-state index contributed by atoms with van der Waals surface area (Å²) in [5.41, 5.74) is 4.20. The van der Waals surface area contributed by atoms with E-state index in [2.05, 4.69) is 25.4 Å². The van der Waals surface area contributed by atoms with Gasteiger partial charge < -0.3 is 10.4 Å². The Morgan fingerprint density at radius 1 is 1.12 bits per heavy atom. The number of benzene rings is 1. The Labute approximate surface area is 149 Å². The summed E-state index contributed by atoms with van der Waals surface area (Å²) in [5, 5.41) is 17.7. The molecule has 5 rings (SSSR count). The molecule has 130 valence electrons. The fourth-order valence-electron chi connectivity index (χ4n) is 3.63. The fourth-order valence-corrected chi connectivity index (χ4v) is 3.63. The molecule has 0 atom stereocenters. The Balaban J connectivity index is 1.47. The van der Waals surface area contributed by atoms with Gasteiger partial charge in [0.1, 0.15) is 0 Å². The van der Waals surface area contributed by atoms with Crippen LogP contribution >= 0.6 is 0 Å². The van der Waals surface area contributed by atoms with E-state index in [1.165, 1.54) is 0 Å². The Morgan fingerprint density at radius 2 is 1.92 bits per heavy atom. The molecule has 26 heavy (non-hydrogen) atoms. The first-order valence-corrected chi connectivity index (χ1v) is 8.62. The van der Waals surface area contributed by atoms with Crippen molar-refractivity contribution in [3.63, 3.8) is 0 Å². The van der Waals surface area contributed by atoms with Crippen LogP contribution in [0.5, 0.6) is 0 Å². The maximum absolute atomic E-state index is 9.84. The van der Waals surface area contributed by atoms with Crippen molar-refractivity contribution in [1.82, 2.24) is 24.6 Å². The van der Waals surface area contributed by atoms with E-state index in [4.69, 9.17) is 0 Å². The Morgan fingerprint density at radius 3 is 2.73 bits per heavy atom. The van der Waals surface area contributed by atoms with Crippen LogP contribution in [-0.4, -0.2) is 41.3 Å². The average molecular weight is 346 g/mol. The second kappa shape index (κ2) is 5.47. The fraction of sp³-hybridized carbons (Fsp3) is 0.263. The monoisotopic (exact) mass is 346 g/mol. The molecule has 0 unspecified atom stereocenters. The molecule has 0 bridgehead atoms. The molecular formula is C19H18N6O. The lowest BCUT2D eigenvalue weighted by atomic mass is 9.77. The van der Waals surface area contributed by atoms with Crippen LogP contribution in [0, 0.1) is 0 Å². The van der Waals surface area contributed by atoms with Crippen LogP contribution < -0.4 is 5.32 Å². The van der Waals surface area contributed by atoms with Crippen molar-refractivity contribution in [3.05, 3.63) is 49.1 Å². The number of anilines is 1. The van der Waals surface area contributed by atoms with Crippen molar-refractivity contribution < 1.29 is 5.11 Å². The zero-order chi connectivity index (χ0) is 17.7. The van der Waals surface area contributed by atoms with E-state index >= 15 is 0 Å². The van der Waals surface area contributed by atoms with Gasteiger partial charge in [-0.05, 0) is 43.5 Å². The van der Waals surface area contributed by atoms with E-state index in [9.17, 15) is 5.11 Å². The number of aliphatic hydroxyl groups is 1. The number of hydrogen-bond donors (Lipinski definition) is 2. The lowest BCUT2D eigenvalue weighted by Crippen LogP contribution is -2.48. The first kappa shape index (κ1) is 15.2. The van der Waals surface area contributed by atoms with Gasteiger partial charge in [-0.3, -0.25) is 9.97 Å². The highest BCUT2D eigenvalue weighted by atomic mass is 16.3. The van der Waals surface area contributed by atoms with Crippen molar-refractivity contribution in [2.75, 3.05) is 5.32 Å². The van der Waals surface area contributed by atoms with E-state index in [-0.39, 0.29) is 6.04 Å². The van der Waals surface area contributed by atoms with Gasteiger partial charge in [-0.15, -0.1) is 5.10 Å². The summed E-state index contributed by atoms with van der Waals surface area (Å²) in [6.45, 7) is 1.85. The number of aromatic nitrogens is 5. The molecule has 3 heterocycles. The van der Waals surface area contributed by atoms with Crippen LogP contribution in [0.25, 0.3) is 27.7 Å². The van der Waals surface area contributed by atoms with E-state index in [0.29, 0.717) is 18.8 Å². The minimum absolute atomic E-state index is 0.219. The molecule has 7 nitrogen and oxygen atoms in total. The highest BCUT2D eigenvalue weighted by Crippen LogP contribution is 2.33. The molecule has 3 aromatic heterocycles. The third kappa shape index (κ3) is 2.57. The van der Waals surface area contributed by atoms with Gasteiger partial charge in [-0.25, -0.2) is 9.50 Å². The van der Waals surface area contributed by atoms with E-state index in [1.54, 1.807) is 12.4 Å². The standard InChI is InChI=1S/C19H18N6O/c1-19(26)9-13(10-19)23-18-22-11-17-14(4-7-25(17)24-18)12-2-3-15-16(8-12)21-6-5-20-15/h2-8,11,13,26H,9-10H2,1H3,(H,23,24)/t13-,19+. The molecule has 4 aromatic rings. The normalized spacial score (nSPS) is 22.5. The maximum atomic E-state index is 9.84. The highest BCUT2D eigenvalue weighted by molar-refractivity contribution is 5.86. The third-order valence-electron chi connectivity index (χ3n) is 4.90. The van der Waals surface area contributed by atoms with Crippen LogP contribution in [0.2, 0.25) is 0 Å². The first-order chi connectivity index (χ1) is 12.6. The summed E-state index contributed by atoms with van der Waals surface area (Å²) < 4.78 is 1.82. The lowest BCUT2D eigenvalue weighted by molar-refractivity contribution is -0.0236. The number of hydrogen-bond acceptors (Lipinski definition) is 6. The summed E-state index contributed by atoms with van der Waals surface area (Å²) in [6.07, 6.45) is 8.56. The molecule has 0 radical (unpaired) electrons. The predicted molar refractivity (Wildman–Crippen MR) is 98.8 cm³/mol. The summed E-state index contributed by atoms with van der Waals surface area (Å²) in [7, 11) is 0. The van der Waals surface area contributed by atoms with Gasteiger partial charge in [0.25, 0.3) is 0 Å². The Bertz CT molecular complexity index is 1110. The second-order valence-electron chi connectivity index (χ2n) is 7.15. The minimum Gasteiger partial charge on any atom is -0.390 e. The molecule has 0 spiro atoms. The zero-order valence-electron chi connectivity index (χ0n) is 14.3. The highest BCUT2D eigenvalue weighted by Gasteiger charge is 2.38. The third-order valence-corrected chi connectivity index (χ3v) is 4.90. The van der Waals surface area contributed by atoms with Gasteiger partial charge in [0, 0.05) is 30.2 Å².